The number of likely N-dealkylation sites (tertiary alicyclic amines) is 1. The molecule has 1 fully saturated rings. The van der Waals surface area contributed by atoms with Crippen molar-refractivity contribution in [3.05, 3.63) is 0 Å². The SMILES string of the molecule is CCNC(=NCCS(=O)C(C)(C)C)N1CCC(CN(CC)CC(F)(F)F)C1. The average Bonchev–Trinajstić information content (AvgIpc) is 2.99. The summed E-state index contributed by atoms with van der Waals surface area (Å²) >= 11 is 0. The van der Waals surface area contributed by atoms with Gasteiger partial charge < -0.3 is 10.2 Å². The maximum Gasteiger partial charge on any atom is 0.401 e. The Kier molecular flexibility index (Phi) is 9.54. The summed E-state index contributed by atoms with van der Waals surface area (Å²) in [6, 6.07) is 0. The molecule has 0 spiro atoms. The van der Waals surface area contributed by atoms with Crippen molar-refractivity contribution >= 4 is 16.8 Å². The zero-order chi connectivity index (χ0) is 20.7. The van der Waals surface area contributed by atoms with E-state index in [1.54, 1.807) is 6.92 Å². The van der Waals surface area contributed by atoms with Crippen LogP contribution in [-0.2, 0) is 10.8 Å². The molecule has 1 heterocycles. The number of aliphatic imine (C=N–C) groups is 1. The van der Waals surface area contributed by atoms with E-state index in [0.717, 1.165) is 25.5 Å². The highest BCUT2D eigenvalue weighted by atomic mass is 32.2. The molecular formula is C18H35F3N4OS. The van der Waals surface area contributed by atoms with Crippen molar-refractivity contribution in [3.8, 4) is 0 Å². The molecule has 0 radical (unpaired) electrons. The Morgan fingerprint density at radius 1 is 1.30 bits per heavy atom. The second kappa shape index (κ2) is 10.6. The lowest BCUT2D eigenvalue weighted by Gasteiger charge is -2.26. The van der Waals surface area contributed by atoms with Crippen LogP contribution in [-0.4, -0.2) is 82.5 Å². The van der Waals surface area contributed by atoms with Crippen molar-refractivity contribution in [1.82, 2.24) is 15.1 Å². The van der Waals surface area contributed by atoms with Gasteiger partial charge in [-0.25, -0.2) is 0 Å². The van der Waals surface area contributed by atoms with Crippen molar-refractivity contribution in [2.75, 3.05) is 51.6 Å². The van der Waals surface area contributed by atoms with Gasteiger partial charge in [-0.05, 0) is 46.6 Å². The topological polar surface area (TPSA) is 47.9 Å². The first-order chi connectivity index (χ1) is 12.5. The van der Waals surface area contributed by atoms with E-state index in [0.29, 0.717) is 31.9 Å². The van der Waals surface area contributed by atoms with Gasteiger partial charge in [-0.2, -0.15) is 13.2 Å². The zero-order valence-electron chi connectivity index (χ0n) is 17.2. The van der Waals surface area contributed by atoms with Gasteiger partial charge in [0.05, 0.1) is 13.1 Å². The molecular weight excluding hydrogens is 377 g/mol. The summed E-state index contributed by atoms with van der Waals surface area (Å²) < 4.78 is 49.9. The molecule has 0 bridgehead atoms. The van der Waals surface area contributed by atoms with Crippen LogP contribution in [0.5, 0.6) is 0 Å². The van der Waals surface area contributed by atoms with E-state index in [1.807, 2.05) is 27.7 Å². The van der Waals surface area contributed by atoms with Crippen LogP contribution >= 0.6 is 0 Å². The fraction of sp³-hybridized carbons (Fsp3) is 0.944. The number of nitrogens with one attached hydrogen (secondary N) is 1. The van der Waals surface area contributed by atoms with E-state index in [4.69, 9.17) is 0 Å². The molecule has 0 aromatic rings. The Morgan fingerprint density at radius 2 is 1.96 bits per heavy atom. The third-order valence-corrected chi connectivity index (χ3v) is 6.43. The normalized spacial score (nSPS) is 20.4. The Hall–Kier alpha value is -0.830. The first kappa shape index (κ1) is 24.2. The molecule has 1 saturated heterocycles. The first-order valence-corrected chi connectivity index (χ1v) is 11.0. The summed E-state index contributed by atoms with van der Waals surface area (Å²) in [6.07, 6.45) is -3.31. The van der Waals surface area contributed by atoms with Gasteiger partial charge in [0.2, 0.25) is 0 Å². The second-order valence-corrected chi connectivity index (χ2v) is 10.3. The molecule has 1 rings (SSSR count). The summed E-state index contributed by atoms with van der Waals surface area (Å²) in [5.41, 5.74) is 0. The molecule has 1 aliphatic heterocycles. The van der Waals surface area contributed by atoms with E-state index in [-0.39, 0.29) is 10.7 Å². The number of alkyl halides is 3. The van der Waals surface area contributed by atoms with E-state index < -0.39 is 23.5 Å². The lowest BCUT2D eigenvalue weighted by Crippen LogP contribution is -2.42. The largest absolute Gasteiger partial charge is 0.401 e. The van der Waals surface area contributed by atoms with Gasteiger partial charge in [-0.15, -0.1) is 0 Å². The lowest BCUT2D eigenvalue weighted by molar-refractivity contribution is -0.146. The summed E-state index contributed by atoms with van der Waals surface area (Å²) in [6.45, 7) is 12.2. The van der Waals surface area contributed by atoms with Crippen LogP contribution in [0.4, 0.5) is 13.2 Å². The minimum atomic E-state index is -4.16. The zero-order valence-corrected chi connectivity index (χ0v) is 18.0. The van der Waals surface area contributed by atoms with Crippen molar-refractivity contribution in [3.63, 3.8) is 0 Å². The van der Waals surface area contributed by atoms with Crippen LogP contribution in [0.3, 0.4) is 0 Å². The van der Waals surface area contributed by atoms with Crippen LogP contribution in [0.2, 0.25) is 0 Å². The first-order valence-electron chi connectivity index (χ1n) is 9.67. The number of guanidine groups is 1. The van der Waals surface area contributed by atoms with Gasteiger partial charge in [0.15, 0.2) is 5.96 Å². The van der Waals surface area contributed by atoms with Crippen molar-refractivity contribution in [2.24, 2.45) is 10.9 Å². The Bertz CT molecular complexity index is 506. The predicted molar refractivity (Wildman–Crippen MR) is 107 cm³/mol. The summed E-state index contributed by atoms with van der Waals surface area (Å²) in [5.74, 6) is 1.47. The summed E-state index contributed by atoms with van der Waals surface area (Å²) in [5, 5.41) is 3.25. The Morgan fingerprint density at radius 3 is 2.48 bits per heavy atom. The van der Waals surface area contributed by atoms with E-state index in [9.17, 15) is 17.4 Å². The molecule has 160 valence electrons. The molecule has 0 amide bonds. The number of halogens is 3. The molecule has 0 aromatic heterocycles. The van der Waals surface area contributed by atoms with Crippen LogP contribution in [0.25, 0.3) is 0 Å². The molecule has 0 aliphatic carbocycles. The van der Waals surface area contributed by atoms with Gasteiger partial charge in [0.1, 0.15) is 0 Å². The van der Waals surface area contributed by atoms with Gasteiger partial charge in [-0.1, -0.05) is 6.92 Å². The van der Waals surface area contributed by atoms with E-state index in [2.05, 4.69) is 15.2 Å². The molecule has 1 aliphatic rings. The highest BCUT2D eigenvalue weighted by Crippen LogP contribution is 2.21. The average molecular weight is 413 g/mol. The van der Waals surface area contributed by atoms with Crippen LogP contribution in [0.1, 0.15) is 41.0 Å². The van der Waals surface area contributed by atoms with E-state index >= 15 is 0 Å². The fourth-order valence-electron chi connectivity index (χ4n) is 3.06. The molecule has 5 nitrogen and oxygen atoms in total. The third kappa shape index (κ3) is 9.27. The van der Waals surface area contributed by atoms with E-state index in [1.165, 1.54) is 4.90 Å². The standard InChI is InChI=1S/C18H35F3N4OS/c1-6-22-16(23-9-11-27(26)17(3,4)5)25-10-8-15(13-25)12-24(7-2)14-18(19,20)21/h15H,6-14H2,1-5H3,(H,22,23). The number of hydrogen-bond acceptors (Lipinski definition) is 3. The third-order valence-electron chi connectivity index (χ3n) is 4.51. The van der Waals surface area contributed by atoms with Crippen LogP contribution in [0.15, 0.2) is 4.99 Å². The van der Waals surface area contributed by atoms with Gasteiger partial charge in [0.25, 0.3) is 0 Å². The minimum absolute atomic E-state index is 0.194. The molecule has 2 atom stereocenters. The quantitative estimate of drug-likeness (QED) is 0.492. The van der Waals surface area contributed by atoms with Crippen LogP contribution in [0, 0.1) is 5.92 Å². The van der Waals surface area contributed by atoms with Crippen LogP contribution < -0.4 is 5.32 Å². The second-order valence-electron chi connectivity index (χ2n) is 7.94. The highest BCUT2D eigenvalue weighted by molar-refractivity contribution is 7.86. The predicted octanol–water partition coefficient (Wildman–Crippen LogP) is 2.71. The Balaban J connectivity index is 2.60. The summed E-state index contributed by atoms with van der Waals surface area (Å²) in [7, 11) is -0.952. The Labute approximate surface area is 164 Å². The highest BCUT2D eigenvalue weighted by Gasteiger charge is 2.33. The molecule has 1 N–H and O–H groups in total. The summed E-state index contributed by atoms with van der Waals surface area (Å²) in [4.78, 5) is 8.16. The van der Waals surface area contributed by atoms with Crippen molar-refractivity contribution in [1.29, 1.82) is 0 Å². The van der Waals surface area contributed by atoms with Gasteiger partial charge >= 0.3 is 6.18 Å². The van der Waals surface area contributed by atoms with Gasteiger partial charge in [0, 0.05) is 47.5 Å². The molecule has 9 heteroatoms. The number of nitrogens with zero attached hydrogens (tertiary/aromatic N) is 3. The van der Waals surface area contributed by atoms with Crippen molar-refractivity contribution in [2.45, 2.75) is 52.0 Å². The molecule has 27 heavy (non-hydrogen) atoms. The number of hydrogen-bond donors (Lipinski definition) is 1. The van der Waals surface area contributed by atoms with Crippen molar-refractivity contribution < 1.29 is 17.4 Å². The molecule has 0 saturated carbocycles. The maximum atomic E-state index is 12.7. The maximum absolute atomic E-state index is 12.7. The minimum Gasteiger partial charge on any atom is -0.357 e. The smallest absolute Gasteiger partial charge is 0.357 e. The lowest BCUT2D eigenvalue weighted by atomic mass is 10.1. The molecule has 2 unspecified atom stereocenters. The monoisotopic (exact) mass is 412 g/mol. The fourth-order valence-corrected chi connectivity index (χ4v) is 3.93. The van der Waals surface area contributed by atoms with Gasteiger partial charge in [-0.3, -0.25) is 14.1 Å². The molecule has 0 aromatic carbocycles. The number of rotatable bonds is 8.